The lowest BCUT2D eigenvalue weighted by atomic mass is 10.1. The number of rotatable bonds is 4. The summed E-state index contributed by atoms with van der Waals surface area (Å²) in [6.45, 7) is 1.03. The minimum atomic E-state index is -4.58. The standard InChI is InChI=1S/C22H22F4N4O2/c23-14-9-15(11-27)30(12-14)21(31)13-29-7-5-16(6-8-29)32-19-10-20(22(24,25)26)28-18-4-2-1-3-17(18)19/h1-4,10,14-16H,5-9,12-13H2/t14-,15?/m0/s1. The van der Waals surface area contributed by atoms with Crippen molar-refractivity contribution in [2.75, 3.05) is 26.2 Å². The van der Waals surface area contributed by atoms with Crippen molar-refractivity contribution in [3.63, 3.8) is 0 Å². The van der Waals surface area contributed by atoms with Gasteiger partial charge >= 0.3 is 6.18 Å². The first kappa shape index (κ1) is 22.3. The highest BCUT2D eigenvalue weighted by atomic mass is 19.4. The van der Waals surface area contributed by atoms with Gasteiger partial charge in [-0.3, -0.25) is 9.69 Å². The number of hydrogen-bond acceptors (Lipinski definition) is 5. The predicted molar refractivity (Wildman–Crippen MR) is 107 cm³/mol. The van der Waals surface area contributed by atoms with Crippen molar-refractivity contribution in [2.45, 2.75) is 43.8 Å². The average molecular weight is 450 g/mol. The van der Waals surface area contributed by atoms with Crippen LogP contribution in [0, 0.1) is 11.3 Å². The van der Waals surface area contributed by atoms with Gasteiger partial charge in [0.1, 0.15) is 29.8 Å². The van der Waals surface area contributed by atoms with Crippen molar-refractivity contribution < 1.29 is 27.1 Å². The Bertz CT molecular complexity index is 1030. The van der Waals surface area contributed by atoms with Crippen LogP contribution in [0.25, 0.3) is 10.9 Å². The first-order valence-corrected chi connectivity index (χ1v) is 10.4. The fourth-order valence-electron chi connectivity index (χ4n) is 4.22. The van der Waals surface area contributed by atoms with Gasteiger partial charge in [0.2, 0.25) is 5.91 Å². The molecule has 0 radical (unpaired) electrons. The quantitative estimate of drug-likeness (QED) is 0.667. The number of ether oxygens (including phenoxy) is 1. The lowest BCUT2D eigenvalue weighted by molar-refractivity contribution is -0.141. The molecule has 0 N–H and O–H groups in total. The van der Waals surface area contributed by atoms with Gasteiger partial charge in [-0.1, -0.05) is 12.1 Å². The highest BCUT2D eigenvalue weighted by Gasteiger charge is 2.37. The number of alkyl halides is 4. The van der Waals surface area contributed by atoms with Crippen molar-refractivity contribution in [1.82, 2.24) is 14.8 Å². The monoisotopic (exact) mass is 450 g/mol. The highest BCUT2D eigenvalue weighted by Crippen LogP contribution is 2.35. The fourth-order valence-corrected chi connectivity index (χ4v) is 4.22. The number of amides is 1. The normalized spacial score (nSPS) is 22.8. The highest BCUT2D eigenvalue weighted by molar-refractivity contribution is 5.85. The lowest BCUT2D eigenvalue weighted by Crippen LogP contribution is -2.46. The lowest BCUT2D eigenvalue weighted by Gasteiger charge is -2.33. The molecule has 2 aliphatic heterocycles. The van der Waals surface area contributed by atoms with Crippen LogP contribution in [0.4, 0.5) is 17.6 Å². The van der Waals surface area contributed by atoms with Gasteiger partial charge in [0.25, 0.3) is 0 Å². The number of likely N-dealkylation sites (tertiary alicyclic amines) is 2. The first-order valence-electron chi connectivity index (χ1n) is 10.4. The van der Waals surface area contributed by atoms with E-state index in [2.05, 4.69) is 4.98 Å². The van der Waals surface area contributed by atoms with Crippen LogP contribution in [-0.2, 0) is 11.0 Å². The molecule has 2 aliphatic rings. The maximum atomic E-state index is 13.6. The molecule has 2 atom stereocenters. The zero-order valence-electron chi connectivity index (χ0n) is 17.2. The van der Waals surface area contributed by atoms with E-state index in [1.807, 2.05) is 11.0 Å². The van der Waals surface area contributed by atoms with Gasteiger partial charge in [0.15, 0.2) is 0 Å². The van der Waals surface area contributed by atoms with E-state index in [0.29, 0.717) is 31.3 Å². The Morgan fingerprint density at radius 2 is 1.97 bits per heavy atom. The molecule has 4 rings (SSSR count). The summed E-state index contributed by atoms with van der Waals surface area (Å²) in [5.74, 6) is -0.147. The summed E-state index contributed by atoms with van der Waals surface area (Å²) in [6.07, 6.45) is -4.97. The van der Waals surface area contributed by atoms with Crippen LogP contribution in [0.15, 0.2) is 30.3 Å². The van der Waals surface area contributed by atoms with Crippen LogP contribution in [0.5, 0.6) is 5.75 Å². The van der Waals surface area contributed by atoms with Crippen molar-refractivity contribution in [3.8, 4) is 11.8 Å². The molecule has 3 heterocycles. The Morgan fingerprint density at radius 1 is 1.25 bits per heavy atom. The minimum Gasteiger partial charge on any atom is -0.490 e. The summed E-state index contributed by atoms with van der Waals surface area (Å²) in [6, 6.07) is 8.69. The molecule has 1 amide bonds. The smallest absolute Gasteiger partial charge is 0.433 e. The Labute approximate surface area is 182 Å². The number of para-hydroxylation sites is 1. The van der Waals surface area contributed by atoms with Gasteiger partial charge in [-0.15, -0.1) is 0 Å². The molecular weight excluding hydrogens is 428 g/mol. The Kier molecular flexibility index (Phi) is 6.20. The predicted octanol–water partition coefficient (Wildman–Crippen LogP) is 3.56. The maximum Gasteiger partial charge on any atom is 0.433 e. The number of nitrogens with zero attached hydrogens (tertiary/aromatic N) is 4. The number of piperidine rings is 1. The summed E-state index contributed by atoms with van der Waals surface area (Å²) < 4.78 is 59.3. The summed E-state index contributed by atoms with van der Waals surface area (Å²) in [5, 5.41) is 9.62. The van der Waals surface area contributed by atoms with Gasteiger partial charge in [0.05, 0.1) is 24.7 Å². The van der Waals surface area contributed by atoms with E-state index in [4.69, 9.17) is 10.00 Å². The molecule has 170 valence electrons. The number of pyridine rings is 1. The Balaban J connectivity index is 1.39. The van der Waals surface area contributed by atoms with Crippen LogP contribution >= 0.6 is 0 Å². The van der Waals surface area contributed by atoms with Gasteiger partial charge in [-0.25, -0.2) is 9.37 Å². The molecule has 1 aromatic heterocycles. The van der Waals surface area contributed by atoms with Crippen LogP contribution in [0.3, 0.4) is 0 Å². The van der Waals surface area contributed by atoms with E-state index in [1.165, 1.54) is 11.0 Å². The molecule has 2 aromatic rings. The van der Waals surface area contributed by atoms with E-state index in [1.54, 1.807) is 18.2 Å². The Hall–Kier alpha value is -2.93. The maximum absolute atomic E-state index is 13.6. The number of aromatic nitrogens is 1. The van der Waals surface area contributed by atoms with Crippen molar-refractivity contribution in [1.29, 1.82) is 5.26 Å². The fraction of sp³-hybridized carbons (Fsp3) is 0.500. The van der Waals surface area contributed by atoms with E-state index >= 15 is 0 Å². The topological polar surface area (TPSA) is 69.5 Å². The molecule has 0 aliphatic carbocycles. The third-order valence-electron chi connectivity index (χ3n) is 5.88. The summed E-state index contributed by atoms with van der Waals surface area (Å²) in [5.41, 5.74) is -0.790. The molecule has 0 saturated carbocycles. The number of nitriles is 1. The van der Waals surface area contributed by atoms with Gasteiger partial charge in [-0.05, 0) is 25.0 Å². The van der Waals surface area contributed by atoms with Crippen LogP contribution < -0.4 is 4.74 Å². The van der Waals surface area contributed by atoms with E-state index < -0.39 is 24.1 Å². The summed E-state index contributed by atoms with van der Waals surface area (Å²) in [7, 11) is 0. The van der Waals surface area contributed by atoms with E-state index in [0.717, 1.165) is 6.07 Å². The molecule has 0 spiro atoms. The second-order valence-electron chi connectivity index (χ2n) is 8.14. The van der Waals surface area contributed by atoms with E-state index in [-0.39, 0.29) is 42.8 Å². The average Bonchev–Trinajstić information content (AvgIpc) is 3.15. The molecule has 6 nitrogen and oxygen atoms in total. The zero-order chi connectivity index (χ0) is 22.9. The molecule has 2 saturated heterocycles. The number of hydrogen-bond donors (Lipinski definition) is 0. The largest absolute Gasteiger partial charge is 0.490 e. The molecule has 10 heteroatoms. The molecule has 0 bridgehead atoms. The van der Waals surface area contributed by atoms with Gasteiger partial charge < -0.3 is 9.64 Å². The van der Waals surface area contributed by atoms with Crippen LogP contribution in [0.1, 0.15) is 25.0 Å². The zero-order valence-corrected chi connectivity index (χ0v) is 17.2. The third kappa shape index (κ3) is 4.78. The van der Waals surface area contributed by atoms with Crippen molar-refractivity contribution in [3.05, 3.63) is 36.0 Å². The number of fused-ring (bicyclic) bond motifs is 1. The summed E-state index contributed by atoms with van der Waals surface area (Å²) >= 11 is 0. The van der Waals surface area contributed by atoms with E-state index in [9.17, 15) is 22.4 Å². The first-order chi connectivity index (χ1) is 15.2. The van der Waals surface area contributed by atoms with Gasteiger partial charge in [-0.2, -0.15) is 18.4 Å². The minimum absolute atomic E-state index is 0.0396. The molecular formula is C22H22F4N4O2. The molecule has 1 unspecified atom stereocenters. The van der Waals surface area contributed by atoms with Crippen molar-refractivity contribution >= 4 is 16.8 Å². The third-order valence-corrected chi connectivity index (χ3v) is 5.88. The van der Waals surface area contributed by atoms with Crippen LogP contribution in [-0.4, -0.2) is 65.2 Å². The van der Waals surface area contributed by atoms with Crippen LogP contribution in [0.2, 0.25) is 0 Å². The van der Waals surface area contributed by atoms with Crippen molar-refractivity contribution in [2.24, 2.45) is 0 Å². The SMILES string of the molecule is N#CC1C[C@H](F)CN1C(=O)CN1CCC(Oc2cc(C(F)(F)F)nc3ccccc23)CC1. The number of benzene rings is 1. The molecule has 32 heavy (non-hydrogen) atoms. The molecule has 2 fully saturated rings. The number of carbonyl (C=O) groups excluding carboxylic acids is 1. The molecule has 1 aromatic carbocycles. The number of halogens is 4. The van der Waals surface area contributed by atoms with Gasteiger partial charge in [0, 0.05) is 31.0 Å². The number of carbonyl (C=O) groups is 1. The Morgan fingerprint density at radius 3 is 2.66 bits per heavy atom. The second kappa shape index (κ2) is 8.90. The second-order valence-corrected chi connectivity index (χ2v) is 8.14. The summed E-state index contributed by atoms with van der Waals surface area (Å²) in [4.78, 5) is 19.4.